The molecule has 0 amide bonds. The van der Waals surface area contributed by atoms with Crippen molar-refractivity contribution in [3.8, 4) is 0 Å². The van der Waals surface area contributed by atoms with E-state index in [1.54, 1.807) is 0 Å². The van der Waals surface area contributed by atoms with Gasteiger partial charge in [0.15, 0.2) is 0 Å². The van der Waals surface area contributed by atoms with Gasteiger partial charge in [0.1, 0.15) is 0 Å². The number of rotatable bonds is 4. The first-order valence-electron chi connectivity index (χ1n) is 6.24. The van der Waals surface area contributed by atoms with Crippen LogP contribution in [0.2, 0.25) is 0 Å². The van der Waals surface area contributed by atoms with E-state index in [9.17, 15) is 5.11 Å². The molecule has 1 rings (SSSR count). The van der Waals surface area contributed by atoms with Gasteiger partial charge in [-0.3, -0.25) is 0 Å². The summed E-state index contributed by atoms with van der Waals surface area (Å²) in [6.45, 7) is 9.38. The Kier molecular flexibility index (Phi) is 3.83. The van der Waals surface area contributed by atoms with Gasteiger partial charge in [-0.2, -0.15) is 0 Å². The summed E-state index contributed by atoms with van der Waals surface area (Å²) < 4.78 is 0. The third-order valence-electron chi connectivity index (χ3n) is 4.40. The van der Waals surface area contributed by atoms with Crippen LogP contribution in [0.15, 0.2) is 0 Å². The van der Waals surface area contributed by atoms with E-state index in [0.29, 0.717) is 11.3 Å². The van der Waals surface area contributed by atoms with Crippen LogP contribution >= 0.6 is 0 Å². The molecule has 3 N–H and O–H groups in total. The van der Waals surface area contributed by atoms with E-state index in [1.807, 2.05) is 0 Å². The summed E-state index contributed by atoms with van der Waals surface area (Å²) in [6.07, 6.45) is 4.28. The molecule has 90 valence electrons. The summed E-state index contributed by atoms with van der Waals surface area (Å²) in [6, 6.07) is 0.237. The largest absolute Gasteiger partial charge is 0.396 e. The first-order valence-corrected chi connectivity index (χ1v) is 6.24. The van der Waals surface area contributed by atoms with Crippen molar-refractivity contribution < 1.29 is 5.11 Å². The van der Waals surface area contributed by atoms with Gasteiger partial charge in [0.2, 0.25) is 0 Å². The molecule has 0 aliphatic heterocycles. The highest BCUT2D eigenvalue weighted by atomic mass is 16.3. The molecule has 0 heterocycles. The highest BCUT2D eigenvalue weighted by Gasteiger charge is 2.50. The van der Waals surface area contributed by atoms with Crippen LogP contribution in [0, 0.1) is 16.7 Å². The summed E-state index contributed by atoms with van der Waals surface area (Å²) in [7, 11) is 0. The molecular formula is C13H27NO. The fourth-order valence-electron chi connectivity index (χ4n) is 3.80. The van der Waals surface area contributed by atoms with Crippen LogP contribution in [0.3, 0.4) is 0 Å². The van der Waals surface area contributed by atoms with Crippen molar-refractivity contribution in [1.29, 1.82) is 0 Å². The Bertz CT molecular complexity index is 215. The number of aliphatic hydroxyl groups excluding tert-OH is 1. The molecule has 0 aromatic carbocycles. The molecule has 1 fully saturated rings. The van der Waals surface area contributed by atoms with Gasteiger partial charge in [-0.25, -0.2) is 0 Å². The second kappa shape index (κ2) is 4.42. The lowest BCUT2D eigenvalue weighted by Gasteiger charge is -2.39. The molecule has 2 nitrogen and oxygen atoms in total. The Morgan fingerprint density at radius 2 is 2.07 bits per heavy atom. The molecule has 3 atom stereocenters. The third kappa shape index (κ3) is 2.36. The minimum absolute atomic E-state index is 0.174. The maximum atomic E-state index is 9.27. The van der Waals surface area contributed by atoms with Crippen molar-refractivity contribution in [2.75, 3.05) is 6.61 Å². The highest BCUT2D eigenvalue weighted by Crippen LogP contribution is 2.56. The van der Waals surface area contributed by atoms with E-state index in [1.165, 1.54) is 6.42 Å². The normalized spacial score (nSPS) is 36.8. The van der Waals surface area contributed by atoms with Crippen LogP contribution in [0.25, 0.3) is 0 Å². The van der Waals surface area contributed by atoms with Crippen molar-refractivity contribution in [2.45, 2.75) is 59.4 Å². The zero-order valence-electron chi connectivity index (χ0n) is 10.7. The first-order chi connectivity index (χ1) is 6.88. The fraction of sp³-hybridized carbons (Fsp3) is 1.00. The monoisotopic (exact) mass is 213 g/mol. The lowest BCUT2D eigenvalue weighted by Crippen LogP contribution is -2.44. The maximum Gasteiger partial charge on any atom is 0.0437 e. The Balaban J connectivity index is 2.91. The standard InChI is InChI=1S/C13H27NO/c1-5-11(14)13(6-7-15)9-12(3,4)8-10(13)2/h10-11,15H,5-9,14H2,1-4H3. The number of aliphatic hydroxyl groups is 1. The zero-order valence-corrected chi connectivity index (χ0v) is 10.7. The van der Waals surface area contributed by atoms with E-state index in [4.69, 9.17) is 5.73 Å². The van der Waals surface area contributed by atoms with Gasteiger partial charge < -0.3 is 10.8 Å². The number of nitrogens with two attached hydrogens (primary N) is 1. The summed E-state index contributed by atoms with van der Waals surface area (Å²) in [4.78, 5) is 0. The van der Waals surface area contributed by atoms with Crippen LogP contribution < -0.4 is 5.73 Å². The second-order valence-corrected chi connectivity index (χ2v) is 6.17. The quantitative estimate of drug-likeness (QED) is 0.754. The van der Waals surface area contributed by atoms with Gasteiger partial charge >= 0.3 is 0 Å². The van der Waals surface area contributed by atoms with Gasteiger partial charge in [0, 0.05) is 12.6 Å². The smallest absolute Gasteiger partial charge is 0.0437 e. The van der Waals surface area contributed by atoms with Gasteiger partial charge in [0.05, 0.1) is 0 Å². The topological polar surface area (TPSA) is 46.2 Å². The molecule has 0 radical (unpaired) electrons. The molecular weight excluding hydrogens is 186 g/mol. The lowest BCUT2D eigenvalue weighted by atomic mass is 9.69. The van der Waals surface area contributed by atoms with E-state index in [0.717, 1.165) is 19.3 Å². The molecule has 0 bridgehead atoms. The summed E-state index contributed by atoms with van der Waals surface area (Å²) in [5, 5.41) is 9.27. The van der Waals surface area contributed by atoms with Crippen LogP contribution in [-0.2, 0) is 0 Å². The molecule has 0 aromatic rings. The molecule has 3 unspecified atom stereocenters. The predicted molar refractivity (Wildman–Crippen MR) is 64.6 cm³/mol. The van der Waals surface area contributed by atoms with Crippen molar-refractivity contribution >= 4 is 0 Å². The van der Waals surface area contributed by atoms with Gasteiger partial charge in [-0.05, 0) is 42.4 Å². The van der Waals surface area contributed by atoms with Gasteiger partial charge in [0.25, 0.3) is 0 Å². The molecule has 0 spiro atoms. The van der Waals surface area contributed by atoms with Crippen molar-refractivity contribution in [3.63, 3.8) is 0 Å². The Hall–Kier alpha value is -0.0800. The Morgan fingerprint density at radius 1 is 1.47 bits per heavy atom. The van der Waals surface area contributed by atoms with Crippen LogP contribution in [-0.4, -0.2) is 17.8 Å². The zero-order chi connectivity index (χ0) is 11.7. The highest BCUT2D eigenvalue weighted by molar-refractivity contribution is 5.02. The summed E-state index contributed by atoms with van der Waals surface area (Å²) in [5.74, 6) is 0.634. The lowest BCUT2D eigenvalue weighted by molar-refractivity contribution is 0.100. The Labute approximate surface area is 94.2 Å². The van der Waals surface area contributed by atoms with E-state index < -0.39 is 0 Å². The average Bonchev–Trinajstić information content (AvgIpc) is 2.36. The number of hydrogen-bond donors (Lipinski definition) is 2. The van der Waals surface area contributed by atoms with E-state index in [-0.39, 0.29) is 18.1 Å². The van der Waals surface area contributed by atoms with Gasteiger partial charge in [-0.15, -0.1) is 0 Å². The first kappa shape index (κ1) is 13.0. The second-order valence-electron chi connectivity index (χ2n) is 6.17. The summed E-state index contributed by atoms with van der Waals surface area (Å²) >= 11 is 0. The molecule has 15 heavy (non-hydrogen) atoms. The van der Waals surface area contributed by atoms with Crippen LogP contribution in [0.1, 0.15) is 53.4 Å². The van der Waals surface area contributed by atoms with E-state index >= 15 is 0 Å². The van der Waals surface area contributed by atoms with Crippen LogP contribution in [0.5, 0.6) is 0 Å². The minimum Gasteiger partial charge on any atom is -0.396 e. The third-order valence-corrected chi connectivity index (χ3v) is 4.40. The van der Waals surface area contributed by atoms with E-state index in [2.05, 4.69) is 27.7 Å². The van der Waals surface area contributed by atoms with Crippen molar-refractivity contribution in [3.05, 3.63) is 0 Å². The molecule has 1 aliphatic carbocycles. The SMILES string of the molecule is CCC(N)C1(CCO)CC(C)(C)CC1C. The molecule has 1 saturated carbocycles. The maximum absolute atomic E-state index is 9.27. The van der Waals surface area contributed by atoms with Crippen molar-refractivity contribution in [1.82, 2.24) is 0 Å². The molecule has 2 heteroatoms. The molecule has 1 aliphatic rings. The van der Waals surface area contributed by atoms with Crippen LogP contribution in [0.4, 0.5) is 0 Å². The molecule has 0 aromatic heterocycles. The number of hydrogen-bond acceptors (Lipinski definition) is 2. The summed E-state index contributed by atoms with van der Waals surface area (Å²) in [5.41, 5.74) is 6.86. The van der Waals surface area contributed by atoms with Crippen molar-refractivity contribution in [2.24, 2.45) is 22.5 Å². The Morgan fingerprint density at radius 3 is 2.40 bits per heavy atom. The molecule has 0 saturated heterocycles. The van der Waals surface area contributed by atoms with Gasteiger partial charge in [-0.1, -0.05) is 27.7 Å². The fourth-order valence-corrected chi connectivity index (χ4v) is 3.80. The predicted octanol–water partition coefficient (Wildman–Crippen LogP) is 2.55. The minimum atomic E-state index is 0.174. The average molecular weight is 213 g/mol.